The molecule has 14 heavy (non-hydrogen) atoms. The van der Waals surface area contributed by atoms with E-state index in [9.17, 15) is 9.90 Å². The molecule has 0 bridgehead atoms. The lowest BCUT2D eigenvalue weighted by atomic mass is 10.1. The molecule has 0 amide bonds. The molecular weight excluding hydrogens is 202 g/mol. The van der Waals surface area contributed by atoms with E-state index < -0.39 is 5.97 Å². The van der Waals surface area contributed by atoms with Crippen LogP contribution in [0.15, 0.2) is 17.5 Å². The lowest BCUT2D eigenvalue weighted by Crippen LogP contribution is -1.98. The van der Waals surface area contributed by atoms with E-state index in [-0.39, 0.29) is 11.3 Å². The lowest BCUT2D eigenvalue weighted by molar-refractivity contribution is 0.0694. The molecule has 0 fully saturated rings. The van der Waals surface area contributed by atoms with Gasteiger partial charge in [0.1, 0.15) is 11.3 Å². The smallest absolute Gasteiger partial charge is 0.339 e. The first kappa shape index (κ1) is 8.83. The van der Waals surface area contributed by atoms with E-state index >= 15 is 0 Å². The molecule has 5 heteroatoms. The number of carboxylic acid groups (broad SMARTS) is 1. The van der Waals surface area contributed by atoms with Crippen molar-refractivity contribution in [2.75, 3.05) is 5.73 Å². The summed E-state index contributed by atoms with van der Waals surface area (Å²) >= 11 is 1.37. The van der Waals surface area contributed by atoms with Crippen molar-refractivity contribution in [3.63, 3.8) is 0 Å². The van der Waals surface area contributed by atoms with Gasteiger partial charge in [-0.2, -0.15) is 0 Å². The third-order valence-corrected chi connectivity index (χ3v) is 2.93. The van der Waals surface area contributed by atoms with Crippen LogP contribution in [0.25, 0.3) is 10.1 Å². The molecule has 0 saturated heterocycles. The van der Waals surface area contributed by atoms with E-state index in [1.165, 1.54) is 17.4 Å². The van der Waals surface area contributed by atoms with Gasteiger partial charge in [0.05, 0.1) is 10.4 Å². The molecular formula is C9H7NO3S. The van der Waals surface area contributed by atoms with Gasteiger partial charge in [-0.3, -0.25) is 0 Å². The molecule has 4 nitrogen and oxygen atoms in total. The van der Waals surface area contributed by atoms with Crippen molar-refractivity contribution in [1.29, 1.82) is 0 Å². The van der Waals surface area contributed by atoms with Crippen molar-refractivity contribution >= 4 is 33.1 Å². The molecule has 0 radical (unpaired) electrons. The molecule has 0 aliphatic heterocycles. The topological polar surface area (TPSA) is 83.6 Å². The number of carboxylic acids is 1. The minimum Gasteiger partial charge on any atom is -0.506 e. The van der Waals surface area contributed by atoms with Crippen LogP contribution in [0.5, 0.6) is 5.75 Å². The molecule has 1 aromatic heterocycles. The standard InChI is InChI=1S/C9H7NO3S/c10-6-3-5(9(12)13)7(11)4-1-2-14-8(4)6/h1-3,11H,10H2,(H,12,13). The zero-order valence-corrected chi connectivity index (χ0v) is 7.84. The van der Waals surface area contributed by atoms with Crippen molar-refractivity contribution in [1.82, 2.24) is 0 Å². The minimum atomic E-state index is -1.18. The largest absolute Gasteiger partial charge is 0.506 e. The summed E-state index contributed by atoms with van der Waals surface area (Å²) in [6.07, 6.45) is 0. The predicted molar refractivity (Wildman–Crippen MR) is 54.9 cm³/mol. The molecule has 0 aliphatic rings. The summed E-state index contributed by atoms with van der Waals surface area (Å²) in [6, 6.07) is 2.93. The van der Waals surface area contributed by atoms with Crippen LogP contribution in [0.4, 0.5) is 5.69 Å². The first-order chi connectivity index (χ1) is 6.61. The van der Waals surface area contributed by atoms with Gasteiger partial charge in [0, 0.05) is 5.39 Å². The second-order valence-electron chi connectivity index (χ2n) is 2.83. The number of thiophene rings is 1. The summed E-state index contributed by atoms with van der Waals surface area (Å²) in [7, 11) is 0. The average Bonchev–Trinajstić information content (AvgIpc) is 2.59. The Morgan fingerprint density at radius 1 is 1.50 bits per heavy atom. The van der Waals surface area contributed by atoms with E-state index in [0.29, 0.717) is 15.8 Å². The van der Waals surface area contributed by atoms with Crippen molar-refractivity contribution < 1.29 is 15.0 Å². The van der Waals surface area contributed by atoms with Crippen molar-refractivity contribution in [3.8, 4) is 5.75 Å². The van der Waals surface area contributed by atoms with Gasteiger partial charge in [0.15, 0.2) is 0 Å². The molecule has 2 aromatic rings. The van der Waals surface area contributed by atoms with Gasteiger partial charge >= 0.3 is 5.97 Å². The Balaban J connectivity index is 2.88. The number of aromatic carboxylic acids is 1. The van der Waals surface area contributed by atoms with Gasteiger partial charge in [-0.15, -0.1) is 11.3 Å². The highest BCUT2D eigenvalue weighted by Crippen LogP contribution is 2.36. The van der Waals surface area contributed by atoms with Crippen LogP contribution < -0.4 is 5.73 Å². The van der Waals surface area contributed by atoms with Crippen LogP contribution in [-0.2, 0) is 0 Å². The minimum absolute atomic E-state index is 0.159. The molecule has 1 aromatic carbocycles. The van der Waals surface area contributed by atoms with Crippen LogP contribution in [0.3, 0.4) is 0 Å². The highest BCUT2D eigenvalue weighted by atomic mass is 32.1. The van der Waals surface area contributed by atoms with E-state index in [4.69, 9.17) is 10.8 Å². The Morgan fingerprint density at radius 2 is 2.21 bits per heavy atom. The number of nitrogens with two attached hydrogens (primary N) is 1. The monoisotopic (exact) mass is 209 g/mol. The zero-order valence-electron chi connectivity index (χ0n) is 7.02. The molecule has 72 valence electrons. The highest BCUT2D eigenvalue weighted by Gasteiger charge is 2.15. The number of fused-ring (bicyclic) bond motifs is 1. The summed E-state index contributed by atoms with van der Waals surface area (Å²) in [5.74, 6) is -1.40. The number of nitrogen functional groups attached to an aromatic ring is 1. The van der Waals surface area contributed by atoms with Gasteiger partial charge in [-0.1, -0.05) is 0 Å². The predicted octanol–water partition coefficient (Wildman–Crippen LogP) is 1.89. The van der Waals surface area contributed by atoms with Crippen LogP contribution in [0.1, 0.15) is 10.4 Å². The molecule has 0 atom stereocenters. The fourth-order valence-electron chi connectivity index (χ4n) is 1.32. The van der Waals surface area contributed by atoms with Gasteiger partial charge < -0.3 is 15.9 Å². The number of aromatic hydroxyl groups is 1. The Bertz CT molecular complexity index is 518. The van der Waals surface area contributed by atoms with E-state index in [0.717, 1.165) is 0 Å². The maximum absolute atomic E-state index is 10.7. The maximum Gasteiger partial charge on any atom is 0.339 e. The SMILES string of the molecule is Nc1cc(C(=O)O)c(O)c2ccsc12. The van der Waals surface area contributed by atoms with Gasteiger partial charge in [0.25, 0.3) is 0 Å². The quantitative estimate of drug-likeness (QED) is 0.494. The van der Waals surface area contributed by atoms with Crippen LogP contribution >= 0.6 is 11.3 Å². The molecule has 2 rings (SSSR count). The summed E-state index contributed by atoms with van der Waals surface area (Å²) in [6.45, 7) is 0. The number of phenols is 1. The van der Waals surface area contributed by atoms with Crippen molar-refractivity contribution in [2.45, 2.75) is 0 Å². The molecule has 0 aliphatic carbocycles. The number of carbonyl (C=O) groups is 1. The number of rotatable bonds is 1. The summed E-state index contributed by atoms with van der Waals surface area (Å²) in [5.41, 5.74) is 5.87. The second-order valence-corrected chi connectivity index (χ2v) is 3.75. The molecule has 0 saturated carbocycles. The maximum atomic E-state index is 10.7. The number of hydrogen-bond acceptors (Lipinski definition) is 4. The van der Waals surface area contributed by atoms with Gasteiger partial charge in [-0.05, 0) is 17.5 Å². The summed E-state index contributed by atoms with van der Waals surface area (Å²) in [5, 5.41) is 20.6. The van der Waals surface area contributed by atoms with Crippen LogP contribution in [0, 0.1) is 0 Å². The van der Waals surface area contributed by atoms with Crippen molar-refractivity contribution in [2.24, 2.45) is 0 Å². The fourth-order valence-corrected chi connectivity index (χ4v) is 2.14. The fraction of sp³-hybridized carbons (Fsp3) is 0. The molecule has 0 unspecified atom stereocenters. The Kier molecular flexibility index (Phi) is 1.82. The van der Waals surface area contributed by atoms with E-state index in [1.807, 2.05) is 0 Å². The second kappa shape index (κ2) is 2.88. The lowest BCUT2D eigenvalue weighted by Gasteiger charge is -2.03. The zero-order chi connectivity index (χ0) is 10.3. The summed E-state index contributed by atoms with van der Waals surface area (Å²) in [4.78, 5) is 10.7. The van der Waals surface area contributed by atoms with Crippen LogP contribution in [-0.4, -0.2) is 16.2 Å². The summed E-state index contributed by atoms with van der Waals surface area (Å²) < 4.78 is 0.715. The first-order valence-corrected chi connectivity index (χ1v) is 4.71. The number of hydrogen-bond donors (Lipinski definition) is 3. The van der Waals surface area contributed by atoms with Gasteiger partial charge in [0.2, 0.25) is 0 Å². The Hall–Kier alpha value is -1.75. The molecule has 0 spiro atoms. The van der Waals surface area contributed by atoms with Crippen LogP contribution in [0.2, 0.25) is 0 Å². The van der Waals surface area contributed by atoms with E-state index in [1.54, 1.807) is 11.4 Å². The average molecular weight is 209 g/mol. The number of anilines is 1. The normalized spacial score (nSPS) is 10.6. The highest BCUT2D eigenvalue weighted by molar-refractivity contribution is 7.17. The Morgan fingerprint density at radius 3 is 2.86 bits per heavy atom. The van der Waals surface area contributed by atoms with Crippen molar-refractivity contribution in [3.05, 3.63) is 23.1 Å². The van der Waals surface area contributed by atoms with Gasteiger partial charge in [-0.25, -0.2) is 4.79 Å². The third kappa shape index (κ3) is 1.10. The Labute approximate surface area is 83.2 Å². The van der Waals surface area contributed by atoms with E-state index in [2.05, 4.69) is 0 Å². The molecule has 4 N–H and O–H groups in total. The third-order valence-electron chi connectivity index (χ3n) is 1.97. The number of benzene rings is 1. The first-order valence-electron chi connectivity index (χ1n) is 3.83. The molecule has 1 heterocycles.